The van der Waals surface area contributed by atoms with Crippen LogP contribution < -0.4 is 5.73 Å². The minimum atomic E-state index is -4.72. The summed E-state index contributed by atoms with van der Waals surface area (Å²) in [5.74, 6) is -1.02. The average molecular weight is 310 g/mol. The molecule has 0 saturated carbocycles. The molecule has 0 spiro atoms. The zero-order valence-corrected chi connectivity index (χ0v) is 10.9. The van der Waals surface area contributed by atoms with Crippen LogP contribution in [0.15, 0.2) is 42.5 Å². The number of hydrogen-bond donors (Lipinski definition) is 1. The topological polar surface area (TPSA) is 86.2 Å². The van der Waals surface area contributed by atoms with Gasteiger partial charge >= 0.3 is 6.18 Å². The Morgan fingerprint density at radius 3 is 2.32 bits per heavy atom. The van der Waals surface area contributed by atoms with Gasteiger partial charge in [-0.3, -0.25) is 14.9 Å². The third-order valence-corrected chi connectivity index (χ3v) is 2.97. The maximum atomic E-state index is 12.9. The van der Waals surface area contributed by atoms with Crippen molar-refractivity contribution in [1.82, 2.24) is 0 Å². The van der Waals surface area contributed by atoms with Gasteiger partial charge in [-0.05, 0) is 12.1 Å². The number of nitrogens with zero attached hydrogens (tertiary/aromatic N) is 1. The average Bonchev–Trinajstić information content (AvgIpc) is 2.46. The number of carbonyl (C=O) groups is 1. The first-order valence-electron chi connectivity index (χ1n) is 5.96. The van der Waals surface area contributed by atoms with Gasteiger partial charge in [0, 0.05) is 23.4 Å². The van der Waals surface area contributed by atoms with Gasteiger partial charge in [-0.2, -0.15) is 13.2 Å². The summed E-state index contributed by atoms with van der Waals surface area (Å²) in [6.45, 7) is 0. The van der Waals surface area contributed by atoms with Gasteiger partial charge in [0.1, 0.15) is 0 Å². The van der Waals surface area contributed by atoms with Gasteiger partial charge in [0.2, 0.25) is 0 Å². The Labute approximate surface area is 122 Å². The number of nitrogens with two attached hydrogens (primary N) is 1. The highest BCUT2D eigenvalue weighted by Gasteiger charge is 2.35. The summed E-state index contributed by atoms with van der Waals surface area (Å²) in [4.78, 5) is 22.3. The fourth-order valence-corrected chi connectivity index (χ4v) is 1.93. The number of nitro groups is 1. The summed E-state index contributed by atoms with van der Waals surface area (Å²) in [5, 5.41) is 10.7. The van der Waals surface area contributed by atoms with Crippen LogP contribution in [0.4, 0.5) is 24.5 Å². The molecule has 0 bridgehead atoms. The molecule has 0 amide bonds. The summed E-state index contributed by atoms with van der Waals surface area (Å²) in [6.07, 6.45) is -4.72. The molecule has 0 aliphatic carbocycles. The first-order chi connectivity index (χ1) is 10.2. The van der Waals surface area contributed by atoms with Crippen molar-refractivity contribution in [2.75, 3.05) is 5.73 Å². The van der Waals surface area contributed by atoms with Crippen molar-refractivity contribution in [1.29, 1.82) is 0 Å². The first-order valence-corrected chi connectivity index (χ1v) is 5.96. The maximum Gasteiger partial charge on any atom is 0.417 e. The Kier molecular flexibility index (Phi) is 3.85. The summed E-state index contributed by atoms with van der Waals surface area (Å²) in [5.41, 5.74) is 2.93. The predicted molar refractivity (Wildman–Crippen MR) is 72.4 cm³/mol. The van der Waals surface area contributed by atoms with Gasteiger partial charge in [-0.1, -0.05) is 18.2 Å². The fourth-order valence-electron chi connectivity index (χ4n) is 1.93. The van der Waals surface area contributed by atoms with Crippen LogP contribution in [0.3, 0.4) is 0 Å². The Morgan fingerprint density at radius 2 is 1.73 bits per heavy atom. The number of nitrogen functional groups attached to an aromatic ring is 1. The number of anilines is 1. The summed E-state index contributed by atoms with van der Waals surface area (Å²) in [6, 6.07) is 7.24. The van der Waals surface area contributed by atoms with Crippen LogP contribution in [0.25, 0.3) is 0 Å². The van der Waals surface area contributed by atoms with Gasteiger partial charge in [0.25, 0.3) is 5.69 Å². The molecule has 0 atom stereocenters. The highest BCUT2D eigenvalue weighted by molar-refractivity contribution is 6.13. The number of halogens is 3. The van der Waals surface area contributed by atoms with E-state index in [2.05, 4.69) is 0 Å². The Bertz CT molecular complexity index is 757. The molecule has 0 radical (unpaired) electrons. The van der Waals surface area contributed by atoms with E-state index in [0.717, 1.165) is 36.4 Å². The number of alkyl halides is 3. The molecule has 2 rings (SSSR count). The molecule has 22 heavy (non-hydrogen) atoms. The molecular formula is C14H9F3N2O3. The molecule has 0 aliphatic rings. The van der Waals surface area contributed by atoms with E-state index in [1.165, 1.54) is 6.07 Å². The van der Waals surface area contributed by atoms with E-state index in [4.69, 9.17) is 5.73 Å². The molecule has 0 unspecified atom stereocenters. The van der Waals surface area contributed by atoms with Gasteiger partial charge in [-0.15, -0.1) is 0 Å². The Hall–Kier alpha value is -2.90. The lowest BCUT2D eigenvalue weighted by atomic mass is 9.96. The van der Waals surface area contributed by atoms with Crippen LogP contribution in [0.5, 0.6) is 0 Å². The molecule has 2 aromatic carbocycles. The number of benzene rings is 2. The summed E-state index contributed by atoms with van der Waals surface area (Å²) >= 11 is 0. The molecule has 5 nitrogen and oxygen atoms in total. The number of ketones is 1. The van der Waals surface area contributed by atoms with Crippen molar-refractivity contribution in [3.63, 3.8) is 0 Å². The van der Waals surface area contributed by atoms with E-state index < -0.39 is 33.7 Å². The highest BCUT2D eigenvalue weighted by Crippen LogP contribution is 2.33. The second-order valence-electron chi connectivity index (χ2n) is 4.40. The number of hydrogen-bond acceptors (Lipinski definition) is 4. The van der Waals surface area contributed by atoms with Crippen molar-refractivity contribution in [2.24, 2.45) is 0 Å². The van der Waals surface area contributed by atoms with Crippen molar-refractivity contribution >= 4 is 17.2 Å². The fraction of sp³-hybridized carbons (Fsp3) is 0.0714. The van der Waals surface area contributed by atoms with Crippen molar-refractivity contribution < 1.29 is 22.9 Å². The number of rotatable bonds is 3. The van der Waals surface area contributed by atoms with E-state index in [9.17, 15) is 28.1 Å². The number of carbonyl (C=O) groups excluding carboxylic acids is 1. The zero-order chi connectivity index (χ0) is 16.5. The van der Waals surface area contributed by atoms with E-state index in [1.54, 1.807) is 0 Å². The quantitative estimate of drug-likeness (QED) is 0.407. The number of nitro benzene ring substituents is 1. The molecule has 8 heteroatoms. The van der Waals surface area contributed by atoms with Gasteiger partial charge in [0.05, 0.1) is 16.1 Å². The molecule has 2 aromatic rings. The molecule has 0 aromatic heterocycles. The summed E-state index contributed by atoms with van der Waals surface area (Å²) in [7, 11) is 0. The first kappa shape index (κ1) is 15.5. The van der Waals surface area contributed by atoms with E-state index in [0.29, 0.717) is 0 Å². The lowest BCUT2D eigenvalue weighted by Gasteiger charge is -2.12. The highest BCUT2D eigenvalue weighted by atomic mass is 19.4. The minimum absolute atomic E-state index is 0.132. The smallest absolute Gasteiger partial charge is 0.398 e. The Morgan fingerprint density at radius 1 is 1.09 bits per heavy atom. The van der Waals surface area contributed by atoms with Crippen LogP contribution in [-0.2, 0) is 6.18 Å². The normalized spacial score (nSPS) is 11.2. The largest absolute Gasteiger partial charge is 0.417 e. The van der Waals surface area contributed by atoms with Gasteiger partial charge in [0.15, 0.2) is 5.78 Å². The van der Waals surface area contributed by atoms with Crippen LogP contribution >= 0.6 is 0 Å². The molecule has 0 aliphatic heterocycles. The van der Waals surface area contributed by atoms with Crippen molar-refractivity contribution in [3.8, 4) is 0 Å². The second kappa shape index (κ2) is 5.47. The second-order valence-corrected chi connectivity index (χ2v) is 4.40. The standard InChI is InChI=1S/C14H9F3N2O3/c15-14(16,17)11-4-2-1-3-9(11)13(20)10-7-8(19(21)22)5-6-12(10)18/h1-7H,18H2. The lowest BCUT2D eigenvalue weighted by molar-refractivity contribution is -0.384. The lowest BCUT2D eigenvalue weighted by Crippen LogP contribution is -2.14. The molecule has 0 saturated heterocycles. The summed E-state index contributed by atoms with van der Waals surface area (Å²) < 4.78 is 38.8. The monoisotopic (exact) mass is 310 g/mol. The predicted octanol–water partition coefficient (Wildman–Crippen LogP) is 3.43. The minimum Gasteiger partial charge on any atom is -0.398 e. The van der Waals surface area contributed by atoms with Gasteiger partial charge < -0.3 is 5.73 Å². The molecule has 2 N–H and O–H groups in total. The van der Waals surface area contributed by atoms with E-state index in [1.807, 2.05) is 0 Å². The van der Waals surface area contributed by atoms with Crippen LogP contribution in [0, 0.1) is 10.1 Å². The number of non-ortho nitro benzene ring substituents is 1. The molecular weight excluding hydrogens is 301 g/mol. The third kappa shape index (κ3) is 2.90. The van der Waals surface area contributed by atoms with Crippen molar-refractivity contribution in [3.05, 3.63) is 69.3 Å². The third-order valence-electron chi connectivity index (χ3n) is 2.97. The molecule has 0 fully saturated rings. The van der Waals surface area contributed by atoms with Crippen molar-refractivity contribution in [2.45, 2.75) is 6.18 Å². The Balaban J connectivity index is 2.59. The van der Waals surface area contributed by atoms with Crippen LogP contribution in [0.1, 0.15) is 21.5 Å². The SMILES string of the molecule is Nc1ccc([N+](=O)[O-])cc1C(=O)c1ccccc1C(F)(F)F. The van der Waals surface area contributed by atoms with Gasteiger partial charge in [-0.25, -0.2) is 0 Å². The molecule has 114 valence electrons. The van der Waals surface area contributed by atoms with E-state index in [-0.39, 0.29) is 11.3 Å². The van der Waals surface area contributed by atoms with Crippen LogP contribution in [0.2, 0.25) is 0 Å². The zero-order valence-electron chi connectivity index (χ0n) is 10.9. The van der Waals surface area contributed by atoms with Crippen LogP contribution in [-0.4, -0.2) is 10.7 Å². The molecule has 0 heterocycles. The maximum absolute atomic E-state index is 12.9. The van der Waals surface area contributed by atoms with E-state index >= 15 is 0 Å².